The molecule has 0 spiro atoms. The standard InChI is InChI=1S/2C48H33N/c1-3-14-34(15-4-1)36-18-13-19-37(30-36)35-26-28-41(29-27-35)49(40-20-5-2-6-21-40)42-31-38-16-7-10-23-44(38)48(33-42)47-32-39-17-8-9-22-43(39)45-24-11-12-25-46(45)47;1-3-17-36(18-4-1)42-23-11-12-24-43(42)47-33-46(37-19-5-2-6-20-37)48(45-26-14-13-25-44(45)47)49(40-29-27-34-15-7-9-21-38(34)31-40)41-30-28-35-16-8-10-22-39(35)32-41/h2*1-33H. The summed E-state index contributed by atoms with van der Waals surface area (Å²) in [6.07, 6.45) is 0. The Morgan fingerprint density at radius 3 is 1.11 bits per heavy atom. The van der Waals surface area contributed by atoms with E-state index in [1.165, 1.54) is 131 Å². The van der Waals surface area contributed by atoms with Crippen molar-refractivity contribution in [3.8, 4) is 66.8 Å². The Morgan fingerprint density at radius 1 is 0.133 bits per heavy atom. The van der Waals surface area contributed by atoms with E-state index in [-0.39, 0.29) is 0 Å². The first kappa shape index (κ1) is 58.9. The molecule has 0 unspecified atom stereocenters. The van der Waals surface area contributed by atoms with Crippen molar-refractivity contribution in [2.24, 2.45) is 0 Å². The molecule has 0 aliphatic heterocycles. The fourth-order valence-electron chi connectivity index (χ4n) is 14.5. The van der Waals surface area contributed by atoms with Crippen molar-refractivity contribution in [1.29, 1.82) is 0 Å². The van der Waals surface area contributed by atoms with E-state index in [9.17, 15) is 0 Å². The molecule has 0 aliphatic carbocycles. The second-order valence-corrected chi connectivity index (χ2v) is 25.1. The van der Waals surface area contributed by atoms with Gasteiger partial charge in [-0.05, 0) is 199 Å². The molecule has 0 bridgehead atoms. The molecule has 0 heterocycles. The molecule has 0 amide bonds. The van der Waals surface area contributed by atoms with Crippen LogP contribution in [-0.4, -0.2) is 0 Å². The van der Waals surface area contributed by atoms with Crippen LogP contribution in [-0.2, 0) is 0 Å². The summed E-state index contributed by atoms with van der Waals surface area (Å²) in [5, 5.41) is 14.8. The normalized spacial score (nSPS) is 11.3. The van der Waals surface area contributed by atoms with Gasteiger partial charge in [-0.25, -0.2) is 0 Å². The van der Waals surface area contributed by atoms with Crippen LogP contribution < -0.4 is 9.80 Å². The zero-order chi connectivity index (χ0) is 65.1. The van der Waals surface area contributed by atoms with Crippen LogP contribution in [0, 0.1) is 0 Å². The highest BCUT2D eigenvalue weighted by Crippen LogP contribution is 2.51. The fourth-order valence-corrected chi connectivity index (χ4v) is 14.5. The van der Waals surface area contributed by atoms with E-state index < -0.39 is 0 Å². The quantitative estimate of drug-likeness (QED) is 0.113. The molecule has 0 atom stereocenters. The Bertz CT molecular complexity index is 5850. The highest BCUT2D eigenvalue weighted by Gasteiger charge is 2.25. The number of nitrogens with zero attached hydrogens (tertiary/aromatic N) is 2. The number of hydrogen-bond donors (Lipinski definition) is 0. The topological polar surface area (TPSA) is 6.48 Å². The zero-order valence-corrected chi connectivity index (χ0v) is 54.0. The van der Waals surface area contributed by atoms with Crippen molar-refractivity contribution in [2.75, 3.05) is 9.80 Å². The van der Waals surface area contributed by atoms with Crippen molar-refractivity contribution in [3.63, 3.8) is 0 Å². The molecule has 0 aliphatic rings. The molecule has 0 N–H and O–H groups in total. The molecule has 18 aromatic rings. The highest BCUT2D eigenvalue weighted by atomic mass is 15.2. The summed E-state index contributed by atoms with van der Waals surface area (Å²) in [6.45, 7) is 0. The van der Waals surface area contributed by atoms with Gasteiger partial charge in [0.05, 0.1) is 5.69 Å². The number of fused-ring (bicyclic) bond motifs is 7. The molecule has 0 saturated heterocycles. The van der Waals surface area contributed by atoms with Crippen LogP contribution in [0.5, 0.6) is 0 Å². The van der Waals surface area contributed by atoms with Crippen LogP contribution in [0.3, 0.4) is 0 Å². The predicted octanol–water partition coefficient (Wildman–Crippen LogP) is 27.2. The highest BCUT2D eigenvalue weighted by molar-refractivity contribution is 6.18. The van der Waals surface area contributed by atoms with Crippen molar-refractivity contribution < 1.29 is 0 Å². The Kier molecular flexibility index (Phi) is 15.7. The fraction of sp³-hybridized carbons (Fsp3) is 0. The minimum absolute atomic E-state index is 1.11. The minimum Gasteiger partial charge on any atom is -0.310 e. The molecule has 0 radical (unpaired) electrons. The lowest BCUT2D eigenvalue weighted by atomic mass is 9.87. The maximum absolute atomic E-state index is 2.47. The van der Waals surface area contributed by atoms with Crippen LogP contribution in [0.4, 0.5) is 34.1 Å². The number of para-hydroxylation sites is 1. The van der Waals surface area contributed by atoms with E-state index in [0.29, 0.717) is 0 Å². The van der Waals surface area contributed by atoms with E-state index in [1.807, 2.05) is 0 Å². The Labute approximate surface area is 572 Å². The first-order valence-corrected chi connectivity index (χ1v) is 33.7. The summed E-state index contributed by atoms with van der Waals surface area (Å²) in [6, 6.07) is 145. The number of anilines is 6. The van der Waals surface area contributed by atoms with Gasteiger partial charge in [-0.3, -0.25) is 0 Å². The van der Waals surface area contributed by atoms with Crippen molar-refractivity contribution >= 4 is 98.8 Å². The summed E-state index contributed by atoms with van der Waals surface area (Å²) >= 11 is 0. The van der Waals surface area contributed by atoms with E-state index in [0.717, 1.165) is 34.1 Å². The molecule has 0 fully saturated rings. The van der Waals surface area contributed by atoms with E-state index in [4.69, 9.17) is 0 Å². The molecular weight excluding hydrogens is 1180 g/mol. The number of rotatable bonds is 12. The third-order valence-corrected chi connectivity index (χ3v) is 19.2. The average Bonchev–Trinajstić information content (AvgIpc) is 0.745. The summed E-state index contributed by atoms with van der Waals surface area (Å²) in [5.74, 6) is 0. The first-order chi connectivity index (χ1) is 48.6. The lowest BCUT2D eigenvalue weighted by Crippen LogP contribution is -2.12. The molecular formula is C96H66N2. The molecule has 460 valence electrons. The Morgan fingerprint density at radius 2 is 0.510 bits per heavy atom. The van der Waals surface area contributed by atoms with E-state index in [2.05, 4.69) is 410 Å². The smallest absolute Gasteiger partial charge is 0.0618 e. The third kappa shape index (κ3) is 11.4. The second kappa shape index (κ2) is 26.1. The van der Waals surface area contributed by atoms with Crippen LogP contribution >= 0.6 is 0 Å². The summed E-state index contributed by atoms with van der Waals surface area (Å²) in [4.78, 5) is 4.85. The lowest BCUT2D eigenvalue weighted by Gasteiger charge is -2.31. The summed E-state index contributed by atoms with van der Waals surface area (Å²) in [5.41, 5.74) is 21.3. The largest absolute Gasteiger partial charge is 0.310 e. The number of hydrogen-bond acceptors (Lipinski definition) is 2. The van der Waals surface area contributed by atoms with E-state index >= 15 is 0 Å². The molecule has 18 rings (SSSR count). The van der Waals surface area contributed by atoms with Gasteiger partial charge in [0.1, 0.15) is 0 Å². The first-order valence-electron chi connectivity index (χ1n) is 33.7. The van der Waals surface area contributed by atoms with Crippen LogP contribution in [0.15, 0.2) is 400 Å². The average molecular weight is 1250 g/mol. The predicted molar refractivity (Wildman–Crippen MR) is 420 cm³/mol. The van der Waals surface area contributed by atoms with Gasteiger partial charge >= 0.3 is 0 Å². The number of benzene rings is 18. The van der Waals surface area contributed by atoms with Gasteiger partial charge < -0.3 is 9.80 Å². The van der Waals surface area contributed by atoms with Gasteiger partial charge in [0.15, 0.2) is 0 Å². The second-order valence-electron chi connectivity index (χ2n) is 25.1. The van der Waals surface area contributed by atoms with Crippen LogP contribution in [0.1, 0.15) is 0 Å². The summed E-state index contributed by atoms with van der Waals surface area (Å²) < 4.78 is 0. The zero-order valence-electron chi connectivity index (χ0n) is 54.0. The monoisotopic (exact) mass is 1250 g/mol. The van der Waals surface area contributed by atoms with Gasteiger partial charge in [0.25, 0.3) is 0 Å². The molecule has 0 aromatic heterocycles. The van der Waals surface area contributed by atoms with Crippen LogP contribution in [0.25, 0.3) is 131 Å². The van der Waals surface area contributed by atoms with Crippen molar-refractivity contribution in [2.45, 2.75) is 0 Å². The Balaban J connectivity index is 0.000000147. The van der Waals surface area contributed by atoms with E-state index in [1.54, 1.807) is 0 Å². The molecule has 0 saturated carbocycles. The van der Waals surface area contributed by atoms with Gasteiger partial charge in [-0.15, -0.1) is 0 Å². The molecule has 2 nitrogen and oxygen atoms in total. The summed E-state index contributed by atoms with van der Waals surface area (Å²) in [7, 11) is 0. The molecule has 98 heavy (non-hydrogen) atoms. The van der Waals surface area contributed by atoms with Gasteiger partial charge in [-0.1, -0.05) is 322 Å². The van der Waals surface area contributed by atoms with Gasteiger partial charge in [-0.2, -0.15) is 0 Å². The minimum atomic E-state index is 1.11. The SMILES string of the molecule is c1ccc(-c2cccc(-c3ccc(N(c4ccccc4)c4cc(-c5cc6ccccc6c6ccccc56)c5ccccc5c4)cc3)c2)cc1.c1ccc(-c2ccccc2-c2cc(-c3ccccc3)c(N(c3ccc4ccccc4c3)c3ccc4ccccc4c3)c3ccccc23)cc1. The van der Waals surface area contributed by atoms with Crippen molar-refractivity contribution in [3.05, 3.63) is 400 Å². The third-order valence-electron chi connectivity index (χ3n) is 19.2. The Hall–Kier alpha value is -12.9. The van der Waals surface area contributed by atoms with Gasteiger partial charge in [0.2, 0.25) is 0 Å². The van der Waals surface area contributed by atoms with Gasteiger partial charge in [0, 0.05) is 39.4 Å². The van der Waals surface area contributed by atoms with Crippen LogP contribution in [0.2, 0.25) is 0 Å². The lowest BCUT2D eigenvalue weighted by molar-refractivity contribution is 1.29. The maximum Gasteiger partial charge on any atom is 0.0618 e. The molecule has 18 aromatic carbocycles. The van der Waals surface area contributed by atoms with Crippen molar-refractivity contribution in [1.82, 2.24) is 0 Å². The maximum atomic E-state index is 2.47. The molecule has 2 heteroatoms.